The van der Waals surface area contributed by atoms with Gasteiger partial charge in [0.1, 0.15) is 6.04 Å². The lowest BCUT2D eigenvalue weighted by atomic mass is 9.98. The van der Waals surface area contributed by atoms with E-state index in [0.717, 1.165) is 46.9 Å². The Hall–Kier alpha value is -3.17. The molecular weight excluding hydrogens is 362 g/mol. The second-order valence-corrected chi connectivity index (χ2v) is 8.18. The number of piperidine rings is 1. The molecule has 29 heavy (non-hydrogen) atoms. The van der Waals surface area contributed by atoms with Gasteiger partial charge in [0.2, 0.25) is 5.91 Å². The lowest BCUT2D eigenvalue weighted by Crippen LogP contribution is -2.50. The van der Waals surface area contributed by atoms with E-state index in [1.807, 2.05) is 24.4 Å². The van der Waals surface area contributed by atoms with Crippen molar-refractivity contribution in [1.82, 2.24) is 20.8 Å². The molecule has 2 aliphatic rings. The lowest BCUT2D eigenvalue weighted by Gasteiger charge is -2.23. The zero-order chi connectivity index (χ0) is 19.8. The standard InChI is InChI=1S/C23H23N5O/c24-12-20(27-23(29)22-17-7-8-19(10-17)26-22)9-14-1-3-15(4-2-14)16-5-6-18-13-25-28-21(18)11-16/h1-6,11,13,17,19-20,22,26H,7-10H2,(H,25,28)(H,27,29)/t17-,19+,20-,22-/m0/s1. The number of hydrogen-bond acceptors (Lipinski definition) is 4. The molecule has 5 rings (SSSR count). The monoisotopic (exact) mass is 385 g/mol. The number of carbonyl (C=O) groups is 1. The van der Waals surface area contributed by atoms with Crippen LogP contribution < -0.4 is 10.6 Å². The molecule has 146 valence electrons. The van der Waals surface area contributed by atoms with E-state index in [1.54, 1.807) is 0 Å². The zero-order valence-corrected chi connectivity index (χ0v) is 16.1. The molecule has 1 saturated carbocycles. The van der Waals surface area contributed by atoms with E-state index in [0.29, 0.717) is 18.4 Å². The number of nitriles is 1. The predicted molar refractivity (Wildman–Crippen MR) is 111 cm³/mol. The molecule has 0 unspecified atom stereocenters. The summed E-state index contributed by atoms with van der Waals surface area (Å²) in [6.45, 7) is 0. The summed E-state index contributed by atoms with van der Waals surface area (Å²) in [4.78, 5) is 12.6. The van der Waals surface area contributed by atoms with Gasteiger partial charge in [0.15, 0.2) is 0 Å². The number of nitrogens with zero attached hydrogens (tertiary/aromatic N) is 2. The summed E-state index contributed by atoms with van der Waals surface area (Å²) in [5.74, 6) is 0.388. The quantitative estimate of drug-likeness (QED) is 0.629. The fourth-order valence-electron chi connectivity index (χ4n) is 4.73. The van der Waals surface area contributed by atoms with Gasteiger partial charge in [-0.1, -0.05) is 36.4 Å². The summed E-state index contributed by atoms with van der Waals surface area (Å²) in [5.41, 5.74) is 4.26. The molecule has 3 N–H and O–H groups in total. The van der Waals surface area contributed by atoms with Crippen LogP contribution in [0.3, 0.4) is 0 Å². The van der Waals surface area contributed by atoms with Crippen molar-refractivity contribution >= 4 is 16.8 Å². The van der Waals surface area contributed by atoms with Gasteiger partial charge in [0.05, 0.1) is 23.8 Å². The van der Waals surface area contributed by atoms with Crippen molar-refractivity contribution in [2.75, 3.05) is 0 Å². The Kier molecular flexibility index (Phi) is 4.53. The molecule has 1 aliphatic heterocycles. The van der Waals surface area contributed by atoms with Gasteiger partial charge in [-0.15, -0.1) is 0 Å². The predicted octanol–water partition coefficient (Wildman–Crippen LogP) is 2.92. The van der Waals surface area contributed by atoms with E-state index in [1.165, 1.54) is 0 Å². The van der Waals surface area contributed by atoms with Crippen LogP contribution in [-0.2, 0) is 11.2 Å². The molecule has 3 aromatic rings. The molecule has 0 radical (unpaired) electrons. The summed E-state index contributed by atoms with van der Waals surface area (Å²) in [6.07, 6.45) is 5.67. The smallest absolute Gasteiger partial charge is 0.238 e. The van der Waals surface area contributed by atoms with Gasteiger partial charge >= 0.3 is 0 Å². The summed E-state index contributed by atoms with van der Waals surface area (Å²) in [6, 6.07) is 16.4. The van der Waals surface area contributed by atoms with Crippen LogP contribution in [-0.4, -0.2) is 34.2 Å². The van der Waals surface area contributed by atoms with Crippen LogP contribution in [0.4, 0.5) is 0 Å². The van der Waals surface area contributed by atoms with Crippen molar-refractivity contribution < 1.29 is 4.79 Å². The SMILES string of the molecule is N#C[C@H](Cc1ccc(-c2ccc3cn[nH]c3c2)cc1)NC(=O)[C@H]1N[C@@H]2CC[C@H]1C2. The van der Waals surface area contributed by atoms with Crippen LogP contribution in [0.25, 0.3) is 22.0 Å². The molecule has 1 saturated heterocycles. The maximum absolute atomic E-state index is 12.6. The number of amides is 1. The van der Waals surface area contributed by atoms with Crippen molar-refractivity contribution in [3.05, 3.63) is 54.2 Å². The number of aromatic nitrogens is 2. The normalized spacial score (nSPS) is 23.8. The first-order valence-corrected chi connectivity index (χ1v) is 10.2. The first-order valence-electron chi connectivity index (χ1n) is 10.2. The van der Waals surface area contributed by atoms with Gasteiger partial charge in [-0.25, -0.2) is 0 Å². The highest BCUT2D eigenvalue weighted by molar-refractivity contribution is 5.84. The van der Waals surface area contributed by atoms with Crippen molar-refractivity contribution in [3.63, 3.8) is 0 Å². The van der Waals surface area contributed by atoms with Gasteiger partial charge < -0.3 is 10.6 Å². The Labute approximate surface area is 169 Å². The fraction of sp³-hybridized carbons (Fsp3) is 0.348. The number of hydrogen-bond donors (Lipinski definition) is 3. The van der Waals surface area contributed by atoms with Gasteiger partial charge in [-0.05, 0) is 47.9 Å². The van der Waals surface area contributed by atoms with E-state index >= 15 is 0 Å². The molecule has 2 fully saturated rings. The lowest BCUT2D eigenvalue weighted by molar-refractivity contribution is -0.124. The molecule has 1 aliphatic carbocycles. The van der Waals surface area contributed by atoms with E-state index in [-0.39, 0.29) is 11.9 Å². The zero-order valence-electron chi connectivity index (χ0n) is 16.1. The third-order valence-corrected chi connectivity index (χ3v) is 6.28. The first kappa shape index (κ1) is 17.9. The molecule has 6 heteroatoms. The fourth-order valence-corrected chi connectivity index (χ4v) is 4.73. The number of carbonyl (C=O) groups excluding carboxylic acids is 1. The van der Waals surface area contributed by atoms with Gasteiger partial charge in [0.25, 0.3) is 0 Å². The number of rotatable bonds is 5. The van der Waals surface area contributed by atoms with Gasteiger partial charge in [-0.3, -0.25) is 9.89 Å². The summed E-state index contributed by atoms with van der Waals surface area (Å²) >= 11 is 0. The highest BCUT2D eigenvalue weighted by Crippen LogP contribution is 2.35. The largest absolute Gasteiger partial charge is 0.339 e. The Bertz CT molecular complexity index is 1080. The van der Waals surface area contributed by atoms with Gasteiger partial charge in [-0.2, -0.15) is 10.4 Å². The summed E-state index contributed by atoms with van der Waals surface area (Å²) in [7, 11) is 0. The molecule has 1 aromatic heterocycles. The molecule has 4 atom stereocenters. The average molecular weight is 385 g/mol. The Morgan fingerprint density at radius 2 is 2.03 bits per heavy atom. The van der Waals surface area contributed by atoms with E-state index in [2.05, 4.69) is 51.2 Å². The number of benzene rings is 2. The number of fused-ring (bicyclic) bond motifs is 3. The highest BCUT2D eigenvalue weighted by Gasteiger charge is 2.43. The van der Waals surface area contributed by atoms with Crippen molar-refractivity contribution in [1.29, 1.82) is 5.26 Å². The van der Waals surface area contributed by atoms with Crippen molar-refractivity contribution in [2.24, 2.45) is 5.92 Å². The third-order valence-electron chi connectivity index (χ3n) is 6.28. The molecule has 2 heterocycles. The molecular formula is C23H23N5O. The van der Waals surface area contributed by atoms with Crippen LogP contribution in [0, 0.1) is 17.2 Å². The van der Waals surface area contributed by atoms with Crippen LogP contribution in [0.1, 0.15) is 24.8 Å². The molecule has 6 nitrogen and oxygen atoms in total. The number of nitrogens with one attached hydrogen (secondary N) is 3. The Morgan fingerprint density at radius 1 is 1.21 bits per heavy atom. The summed E-state index contributed by atoms with van der Waals surface area (Å²) in [5, 5.41) is 24.0. The van der Waals surface area contributed by atoms with Crippen LogP contribution >= 0.6 is 0 Å². The summed E-state index contributed by atoms with van der Waals surface area (Å²) < 4.78 is 0. The van der Waals surface area contributed by atoms with Crippen molar-refractivity contribution in [2.45, 2.75) is 43.8 Å². The minimum Gasteiger partial charge on any atom is -0.339 e. The minimum atomic E-state index is -0.518. The van der Waals surface area contributed by atoms with E-state index in [9.17, 15) is 10.1 Å². The molecule has 2 bridgehead atoms. The molecule has 1 amide bonds. The third kappa shape index (κ3) is 3.50. The maximum atomic E-state index is 12.6. The second kappa shape index (κ2) is 7.34. The second-order valence-electron chi connectivity index (χ2n) is 8.18. The molecule has 0 spiro atoms. The topological polar surface area (TPSA) is 93.6 Å². The average Bonchev–Trinajstić information content (AvgIpc) is 3.50. The minimum absolute atomic E-state index is 0.0340. The Balaban J connectivity index is 1.24. The van der Waals surface area contributed by atoms with Crippen molar-refractivity contribution in [3.8, 4) is 17.2 Å². The maximum Gasteiger partial charge on any atom is 0.238 e. The first-order chi connectivity index (χ1) is 14.2. The Morgan fingerprint density at radius 3 is 2.76 bits per heavy atom. The van der Waals surface area contributed by atoms with Crippen LogP contribution in [0.15, 0.2) is 48.7 Å². The van der Waals surface area contributed by atoms with Crippen LogP contribution in [0.5, 0.6) is 0 Å². The van der Waals surface area contributed by atoms with E-state index in [4.69, 9.17) is 0 Å². The number of H-pyrrole nitrogens is 1. The van der Waals surface area contributed by atoms with Gasteiger partial charge in [0, 0.05) is 17.8 Å². The van der Waals surface area contributed by atoms with E-state index < -0.39 is 6.04 Å². The molecule has 2 aromatic carbocycles. The highest BCUT2D eigenvalue weighted by atomic mass is 16.2. The number of aromatic amines is 1. The van der Waals surface area contributed by atoms with Crippen LogP contribution in [0.2, 0.25) is 0 Å².